The van der Waals surface area contributed by atoms with E-state index in [1.807, 2.05) is 48.5 Å². The van der Waals surface area contributed by atoms with Crippen molar-refractivity contribution in [1.82, 2.24) is 5.32 Å². The van der Waals surface area contributed by atoms with Crippen LogP contribution in [0.15, 0.2) is 64.2 Å². The molecule has 0 fully saturated rings. The van der Waals surface area contributed by atoms with E-state index in [-0.39, 0.29) is 24.5 Å². The molecule has 1 aliphatic carbocycles. The number of ether oxygens (including phenoxy) is 2. The summed E-state index contributed by atoms with van der Waals surface area (Å²) in [4.78, 5) is 31.8. The van der Waals surface area contributed by atoms with Gasteiger partial charge in [0, 0.05) is 16.7 Å². The Hall–Kier alpha value is -3.91. The molecule has 1 N–H and O–H groups in total. The second kappa shape index (κ2) is 12.3. The molecule has 1 aliphatic rings. The van der Waals surface area contributed by atoms with Crippen molar-refractivity contribution in [3.8, 4) is 5.75 Å². The Bertz CT molecular complexity index is 1560. The van der Waals surface area contributed by atoms with Crippen molar-refractivity contribution in [2.24, 2.45) is 16.3 Å². The first-order chi connectivity index (χ1) is 19.7. The molecule has 2 aromatic carbocycles. The van der Waals surface area contributed by atoms with Gasteiger partial charge in [-0.05, 0) is 72.1 Å². The van der Waals surface area contributed by atoms with Crippen LogP contribution in [0.5, 0.6) is 5.75 Å². The predicted molar refractivity (Wildman–Crippen MR) is 162 cm³/mol. The van der Waals surface area contributed by atoms with Crippen LogP contribution in [0.4, 0.5) is 5.00 Å². The summed E-state index contributed by atoms with van der Waals surface area (Å²) >= 11 is 1.59. The number of thiophene rings is 1. The maximum absolute atomic E-state index is 13.6. The van der Waals surface area contributed by atoms with E-state index in [1.54, 1.807) is 30.7 Å². The van der Waals surface area contributed by atoms with E-state index in [1.165, 1.54) is 4.88 Å². The number of amides is 1. The molecule has 0 spiro atoms. The van der Waals surface area contributed by atoms with E-state index >= 15 is 0 Å². The summed E-state index contributed by atoms with van der Waals surface area (Å²) in [6.45, 7) is 9.01. The van der Waals surface area contributed by atoms with Gasteiger partial charge in [-0.3, -0.25) is 4.79 Å². The van der Waals surface area contributed by atoms with Crippen LogP contribution >= 0.6 is 11.3 Å². The van der Waals surface area contributed by atoms with Gasteiger partial charge in [0.2, 0.25) is 0 Å². The number of fused-ring (bicyclic) bond motifs is 2. The number of carbonyl (C=O) groups is 2. The number of carbonyl (C=O) groups excluding carboxylic acids is 2. The van der Waals surface area contributed by atoms with E-state index in [0.717, 1.165) is 41.2 Å². The van der Waals surface area contributed by atoms with E-state index in [9.17, 15) is 9.59 Å². The monoisotopic (exact) mass is 572 g/mol. The summed E-state index contributed by atoms with van der Waals surface area (Å²) in [6, 6.07) is 15.4. The lowest BCUT2D eigenvalue weighted by Gasteiger charge is -2.33. The highest BCUT2D eigenvalue weighted by Crippen LogP contribution is 2.45. The van der Waals surface area contributed by atoms with Crippen LogP contribution in [0.1, 0.15) is 66.2 Å². The molecule has 0 saturated heterocycles. The van der Waals surface area contributed by atoms with Gasteiger partial charge in [-0.15, -0.1) is 11.3 Å². The minimum atomic E-state index is -0.432. The second-order valence-corrected chi connectivity index (χ2v) is 12.4. The van der Waals surface area contributed by atoms with Crippen molar-refractivity contribution in [2.75, 3.05) is 13.2 Å². The van der Waals surface area contributed by atoms with Gasteiger partial charge in [0.25, 0.3) is 5.91 Å². The van der Waals surface area contributed by atoms with Gasteiger partial charge in [-0.2, -0.15) is 0 Å². The summed E-state index contributed by atoms with van der Waals surface area (Å²) in [7, 11) is 0. The van der Waals surface area contributed by atoms with Crippen molar-refractivity contribution in [2.45, 2.75) is 53.5 Å². The van der Waals surface area contributed by atoms with Crippen LogP contribution < -0.4 is 10.1 Å². The van der Waals surface area contributed by atoms with Gasteiger partial charge in [-0.25, -0.2) is 9.79 Å². The molecule has 0 saturated carbocycles. The van der Waals surface area contributed by atoms with Gasteiger partial charge in [0.05, 0.1) is 25.0 Å². The number of benzene rings is 2. The molecule has 7 nitrogen and oxygen atoms in total. The van der Waals surface area contributed by atoms with Crippen molar-refractivity contribution in [3.63, 3.8) is 0 Å². The normalized spacial score (nSPS) is 15.2. The Balaban J connectivity index is 1.52. The fourth-order valence-electron chi connectivity index (χ4n) is 5.30. The average Bonchev–Trinajstić information content (AvgIpc) is 3.61. The molecule has 1 atom stereocenters. The number of esters is 1. The minimum absolute atomic E-state index is 0.156. The van der Waals surface area contributed by atoms with Crippen LogP contribution in [0, 0.1) is 11.3 Å². The maximum Gasteiger partial charge on any atom is 0.344 e. The molecule has 0 bridgehead atoms. The number of aliphatic imine (C=N–C) groups is 1. The largest absolute Gasteiger partial charge is 0.481 e. The summed E-state index contributed by atoms with van der Waals surface area (Å²) in [5.41, 5.74) is 2.65. The highest BCUT2D eigenvalue weighted by molar-refractivity contribution is 7.16. The standard InChI is InChI=1S/C33H36N2O5S/c1-5-38-29(36)20-40-27-15-12-21-9-6-7-11-24(21)26(27)19-35-32-30(31(37)34-18-23-10-8-16-39-23)25-14-13-22(33(2,3)4)17-28(25)41-32/h6-12,15-16,19,22H,5,13-14,17-18,20H2,1-4H3,(H,34,37)/t22-/m1/s1. The van der Waals surface area contributed by atoms with E-state index < -0.39 is 5.97 Å². The second-order valence-electron chi connectivity index (χ2n) is 11.3. The molecule has 2 heterocycles. The van der Waals surface area contributed by atoms with Crippen molar-refractivity contribution in [3.05, 3.63) is 82.1 Å². The third-order valence-electron chi connectivity index (χ3n) is 7.59. The molecule has 5 rings (SSSR count). The zero-order valence-electron chi connectivity index (χ0n) is 24.0. The molecule has 0 radical (unpaired) electrons. The number of hydrogen-bond donors (Lipinski definition) is 1. The first-order valence-electron chi connectivity index (χ1n) is 14.0. The summed E-state index contributed by atoms with van der Waals surface area (Å²) in [6.07, 6.45) is 6.16. The number of nitrogens with zero attached hydrogens (tertiary/aromatic N) is 1. The molecule has 8 heteroatoms. The lowest BCUT2D eigenvalue weighted by molar-refractivity contribution is -0.145. The van der Waals surface area contributed by atoms with Crippen molar-refractivity contribution in [1.29, 1.82) is 0 Å². The minimum Gasteiger partial charge on any atom is -0.481 e. The number of furan rings is 1. The van der Waals surface area contributed by atoms with E-state index in [4.69, 9.17) is 18.9 Å². The first kappa shape index (κ1) is 28.6. The summed E-state index contributed by atoms with van der Waals surface area (Å²) < 4.78 is 16.4. The number of hydrogen-bond acceptors (Lipinski definition) is 7. The van der Waals surface area contributed by atoms with Gasteiger partial charge in [0.1, 0.15) is 16.5 Å². The zero-order chi connectivity index (χ0) is 29.0. The van der Waals surface area contributed by atoms with Crippen LogP contribution in [0.2, 0.25) is 0 Å². The smallest absolute Gasteiger partial charge is 0.344 e. The predicted octanol–water partition coefficient (Wildman–Crippen LogP) is 7.27. The highest BCUT2D eigenvalue weighted by Gasteiger charge is 2.33. The van der Waals surface area contributed by atoms with Gasteiger partial charge in [-0.1, -0.05) is 51.1 Å². The Morgan fingerprint density at radius 3 is 2.73 bits per heavy atom. The lowest BCUT2D eigenvalue weighted by Crippen LogP contribution is -2.28. The SMILES string of the molecule is CCOC(=O)COc1ccc2ccccc2c1C=Nc1sc2c(c1C(=O)NCc1ccco1)CC[C@@H](C(C)(C)C)C2. The van der Waals surface area contributed by atoms with Gasteiger partial charge >= 0.3 is 5.97 Å². The summed E-state index contributed by atoms with van der Waals surface area (Å²) in [5, 5.41) is 5.66. The fraction of sp³-hybridized carbons (Fsp3) is 0.364. The molecular weight excluding hydrogens is 536 g/mol. The molecule has 1 amide bonds. The van der Waals surface area contributed by atoms with Crippen molar-refractivity contribution >= 4 is 45.2 Å². The Morgan fingerprint density at radius 1 is 1.15 bits per heavy atom. The van der Waals surface area contributed by atoms with Crippen LogP contribution in [0.3, 0.4) is 0 Å². The molecule has 214 valence electrons. The zero-order valence-corrected chi connectivity index (χ0v) is 24.8. The first-order valence-corrected chi connectivity index (χ1v) is 14.9. The average molecular weight is 573 g/mol. The molecule has 4 aromatic rings. The van der Waals surface area contributed by atoms with Gasteiger partial charge in [0.15, 0.2) is 6.61 Å². The molecule has 2 aromatic heterocycles. The van der Waals surface area contributed by atoms with E-state index in [2.05, 4.69) is 26.1 Å². The Kier molecular flexibility index (Phi) is 8.59. The Morgan fingerprint density at radius 2 is 1.98 bits per heavy atom. The van der Waals surface area contributed by atoms with Gasteiger partial charge < -0.3 is 19.2 Å². The van der Waals surface area contributed by atoms with E-state index in [0.29, 0.717) is 34.5 Å². The molecule has 0 unspecified atom stereocenters. The van der Waals surface area contributed by atoms with Crippen LogP contribution in [-0.2, 0) is 28.9 Å². The third-order valence-corrected chi connectivity index (χ3v) is 8.76. The fourth-order valence-corrected chi connectivity index (χ4v) is 6.57. The van der Waals surface area contributed by atoms with Crippen LogP contribution in [-0.4, -0.2) is 31.3 Å². The number of nitrogens with one attached hydrogen (secondary N) is 1. The third kappa shape index (κ3) is 6.54. The lowest BCUT2D eigenvalue weighted by atomic mass is 9.72. The van der Waals surface area contributed by atoms with Crippen molar-refractivity contribution < 1.29 is 23.5 Å². The highest BCUT2D eigenvalue weighted by atomic mass is 32.1. The quantitative estimate of drug-likeness (QED) is 0.168. The van der Waals surface area contributed by atoms with Crippen LogP contribution in [0.25, 0.3) is 10.8 Å². The maximum atomic E-state index is 13.6. The molecular formula is C33H36N2O5S. The Labute approximate surface area is 244 Å². The summed E-state index contributed by atoms with van der Waals surface area (Å²) in [5.74, 6) is 1.17. The topological polar surface area (TPSA) is 90.1 Å². The molecule has 0 aliphatic heterocycles. The molecule has 41 heavy (non-hydrogen) atoms. The number of rotatable bonds is 9.